The minimum absolute atomic E-state index is 0. The molecule has 1 aliphatic heterocycles. The Morgan fingerprint density at radius 3 is 2.50 bits per heavy atom. The first-order valence-corrected chi connectivity index (χ1v) is 8.72. The van der Waals surface area contributed by atoms with Gasteiger partial charge in [0.05, 0.1) is 4.88 Å². The van der Waals surface area contributed by atoms with Crippen LogP contribution in [-0.4, -0.2) is 37.0 Å². The summed E-state index contributed by atoms with van der Waals surface area (Å²) in [6, 6.07) is 8.67. The number of hydrogen-bond donors (Lipinski definition) is 1. The van der Waals surface area contributed by atoms with Crippen molar-refractivity contribution >= 4 is 29.7 Å². The van der Waals surface area contributed by atoms with Crippen LogP contribution in [0.15, 0.2) is 30.3 Å². The fraction of sp³-hybridized carbons (Fsp3) is 0.389. The second-order valence-corrected chi connectivity index (χ2v) is 7.24. The SMILES string of the molecule is Cc1sc(C(=O)N(C)C2CCNCC2)cc1-c1ccc(F)cc1.Cl. The Balaban J connectivity index is 0.00000208. The molecule has 1 N–H and O–H groups in total. The number of hydrogen-bond acceptors (Lipinski definition) is 3. The summed E-state index contributed by atoms with van der Waals surface area (Å²) in [5.74, 6) is -0.165. The molecule has 130 valence electrons. The van der Waals surface area contributed by atoms with E-state index in [1.165, 1.54) is 23.5 Å². The van der Waals surface area contributed by atoms with Crippen LogP contribution >= 0.6 is 23.7 Å². The highest BCUT2D eigenvalue weighted by atomic mass is 35.5. The van der Waals surface area contributed by atoms with Gasteiger partial charge >= 0.3 is 0 Å². The number of carbonyl (C=O) groups excluding carboxylic acids is 1. The molecule has 0 aliphatic carbocycles. The standard InChI is InChI=1S/C18H21FN2OS.ClH/c1-12-16(13-3-5-14(19)6-4-13)11-17(23-12)18(22)21(2)15-7-9-20-10-8-15;/h3-6,11,15,20H,7-10H2,1-2H3;1H. The maximum absolute atomic E-state index is 13.1. The first-order valence-electron chi connectivity index (χ1n) is 7.90. The molecule has 24 heavy (non-hydrogen) atoms. The first kappa shape index (κ1) is 18.9. The number of nitrogens with zero attached hydrogens (tertiary/aromatic N) is 1. The minimum Gasteiger partial charge on any atom is -0.338 e. The maximum atomic E-state index is 13.1. The molecule has 1 amide bonds. The Labute approximate surface area is 152 Å². The molecule has 0 saturated carbocycles. The molecule has 1 aromatic heterocycles. The van der Waals surface area contributed by atoms with E-state index in [4.69, 9.17) is 0 Å². The summed E-state index contributed by atoms with van der Waals surface area (Å²) in [4.78, 5) is 16.5. The third kappa shape index (κ3) is 3.97. The quantitative estimate of drug-likeness (QED) is 0.884. The van der Waals surface area contributed by atoms with Crippen molar-refractivity contribution in [2.75, 3.05) is 20.1 Å². The third-order valence-corrected chi connectivity index (χ3v) is 5.50. The Kier molecular flexibility index (Phi) is 6.38. The predicted molar refractivity (Wildman–Crippen MR) is 99.7 cm³/mol. The van der Waals surface area contributed by atoms with E-state index in [2.05, 4.69) is 5.32 Å². The normalized spacial score (nSPS) is 15.0. The molecule has 0 bridgehead atoms. The van der Waals surface area contributed by atoms with Gasteiger partial charge in [-0.25, -0.2) is 4.39 Å². The molecule has 0 radical (unpaired) electrons. The first-order chi connectivity index (χ1) is 11.1. The number of rotatable bonds is 3. The summed E-state index contributed by atoms with van der Waals surface area (Å²) in [6.07, 6.45) is 1.99. The van der Waals surface area contributed by atoms with E-state index in [9.17, 15) is 9.18 Å². The van der Waals surface area contributed by atoms with Crippen LogP contribution in [0.4, 0.5) is 4.39 Å². The summed E-state index contributed by atoms with van der Waals surface area (Å²) in [7, 11) is 1.89. The van der Waals surface area contributed by atoms with Gasteiger partial charge in [0, 0.05) is 18.0 Å². The molecular weight excluding hydrogens is 347 g/mol. The number of aryl methyl sites for hydroxylation is 1. The van der Waals surface area contributed by atoms with Crippen LogP contribution in [0, 0.1) is 12.7 Å². The summed E-state index contributed by atoms with van der Waals surface area (Å²) in [5, 5.41) is 3.32. The Morgan fingerprint density at radius 1 is 1.25 bits per heavy atom. The van der Waals surface area contributed by atoms with Crippen molar-refractivity contribution in [1.29, 1.82) is 0 Å². The summed E-state index contributed by atoms with van der Waals surface area (Å²) >= 11 is 1.51. The van der Waals surface area contributed by atoms with Gasteiger partial charge in [0.1, 0.15) is 5.82 Å². The van der Waals surface area contributed by atoms with Crippen LogP contribution in [0.25, 0.3) is 11.1 Å². The second-order valence-electron chi connectivity index (χ2n) is 5.98. The van der Waals surface area contributed by atoms with Crippen molar-refractivity contribution in [2.45, 2.75) is 25.8 Å². The molecule has 2 aromatic rings. The molecule has 1 fully saturated rings. The van der Waals surface area contributed by atoms with Gasteiger partial charge in [-0.05, 0) is 62.2 Å². The van der Waals surface area contributed by atoms with Crippen molar-refractivity contribution in [3.63, 3.8) is 0 Å². The molecule has 3 rings (SSSR count). The van der Waals surface area contributed by atoms with E-state index >= 15 is 0 Å². The molecule has 3 nitrogen and oxygen atoms in total. The Morgan fingerprint density at radius 2 is 1.88 bits per heavy atom. The fourth-order valence-corrected chi connectivity index (χ4v) is 4.06. The molecule has 1 aliphatic rings. The van der Waals surface area contributed by atoms with E-state index in [0.717, 1.165) is 46.8 Å². The van der Waals surface area contributed by atoms with Crippen molar-refractivity contribution < 1.29 is 9.18 Å². The number of carbonyl (C=O) groups is 1. The van der Waals surface area contributed by atoms with Crippen LogP contribution in [0.3, 0.4) is 0 Å². The van der Waals surface area contributed by atoms with Crippen LogP contribution < -0.4 is 5.32 Å². The van der Waals surface area contributed by atoms with Crippen LogP contribution in [0.5, 0.6) is 0 Å². The molecule has 1 saturated heterocycles. The van der Waals surface area contributed by atoms with Gasteiger partial charge < -0.3 is 10.2 Å². The summed E-state index contributed by atoms with van der Waals surface area (Å²) < 4.78 is 13.1. The zero-order valence-corrected chi connectivity index (χ0v) is 15.5. The highest BCUT2D eigenvalue weighted by Gasteiger charge is 2.24. The smallest absolute Gasteiger partial charge is 0.263 e. The predicted octanol–water partition coefficient (Wildman–Crippen LogP) is 4.11. The molecule has 0 unspecified atom stereocenters. The van der Waals surface area contributed by atoms with Gasteiger partial charge in [0.2, 0.25) is 0 Å². The number of nitrogens with one attached hydrogen (secondary N) is 1. The molecule has 6 heteroatoms. The monoisotopic (exact) mass is 368 g/mol. The number of amides is 1. The summed E-state index contributed by atoms with van der Waals surface area (Å²) in [5.41, 5.74) is 1.96. The lowest BCUT2D eigenvalue weighted by molar-refractivity contribution is 0.0708. The van der Waals surface area contributed by atoms with E-state index in [1.54, 1.807) is 12.1 Å². The minimum atomic E-state index is -0.247. The molecule has 0 atom stereocenters. The topological polar surface area (TPSA) is 32.3 Å². The number of thiophene rings is 1. The van der Waals surface area contributed by atoms with E-state index in [1.807, 2.05) is 24.9 Å². The average Bonchev–Trinajstić information content (AvgIpc) is 2.97. The van der Waals surface area contributed by atoms with Gasteiger partial charge in [-0.15, -0.1) is 23.7 Å². The van der Waals surface area contributed by atoms with Crippen molar-refractivity contribution in [3.8, 4) is 11.1 Å². The maximum Gasteiger partial charge on any atom is 0.263 e. The van der Waals surface area contributed by atoms with Crippen LogP contribution in [-0.2, 0) is 0 Å². The second kappa shape index (κ2) is 8.10. The Bertz CT molecular complexity index is 696. The molecular formula is C18H22ClFN2OS. The number of benzene rings is 1. The largest absolute Gasteiger partial charge is 0.338 e. The molecule has 1 aromatic carbocycles. The lowest BCUT2D eigenvalue weighted by atomic mass is 10.0. The Hall–Kier alpha value is -1.43. The lowest BCUT2D eigenvalue weighted by Crippen LogP contribution is -2.43. The molecule has 0 spiro atoms. The van der Waals surface area contributed by atoms with Gasteiger partial charge in [-0.2, -0.15) is 0 Å². The summed E-state index contributed by atoms with van der Waals surface area (Å²) in [6.45, 7) is 3.93. The molecule has 2 heterocycles. The van der Waals surface area contributed by atoms with E-state index < -0.39 is 0 Å². The average molecular weight is 369 g/mol. The highest BCUT2D eigenvalue weighted by Crippen LogP contribution is 2.32. The van der Waals surface area contributed by atoms with Crippen molar-refractivity contribution in [1.82, 2.24) is 10.2 Å². The van der Waals surface area contributed by atoms with Crippen LogP contribution in [0.1, 0.15) is 27.4 Å². The number of halogens is 2. The highest BCUT2D eigenvalue weighted by molar-refractivity contribution is 7.14. The van der Waals surface area contributed by atoms with Crippen molar-refractivity contribution in [3.05, 3.63) is 45.9 Å². The third-order valence-electron chi connectivity index (χ3n) is 4.46. The van der Waals surface area contributed by atoms with E-state index in [0.29, 0.717) is 6.04 Å². The van der Waals surface area contributed by atoms with E-state index in [-0.39, 0.29) is 24.1 Å². The van der Waals surface area contributed by atoms with Gasteiger partial charge in [0.25, 0.3) is 5.91 Å². The number of piperidine rings is 1. The zero-order valence-electron chi connectivity index (χ0n) is 13.8. The van der Waals surface area contributed by atoms with Crippen molar-refractivity contribution in [2.24, 2.45) is 0 Å². The zero-order chi connectivity index (χ0) is 16.4. The lowest BCUT2D eigenvalue weighted by Gasteiger charge is -2.31. The van der Waals surface area contributed by atoms with Gasteiger partial charge in [-0.1, -0.05) is 12.1 Å². The fourth-order valence-electron chi connectivity index (χ4n) is 3.04. The van der Waals surface area contributed by atoms with Gasteiger partial charge in [-0.3, -0.25) is 4.79 Å². The van der Waals surface area contributed by atoms with Gasteiger partial charge in [0.15, 0.2) is 0 Å². The van der Waals surface area contributed by atoms with Crippen LogP contribution in [0.2, 0.25) is 0 Å².